The second kappa shape index (κ2) is 5.46. The molecule has 0 aliphatic carbocycles. The van der Waals surface area contributed by atoms with Crippen LogP contribution >= 0.6 is 0 Å². The standard InChI is InChI=1S/C11H16N2O2/c1-4-8-6-7-9(10(5-2)13-8)11(14)15-12-3/h6-7,12H,4-5H2,1-3H3. The lowest BCUT2D eigenvalue weighted by Gasteiger charge is -2.07. The quantitative estimate of drug-likeness (QED) is 0.762. The van der Waals surface area contributed by atoms with Gasteiger partial charge in [0.1, 0.15) is 0 Å². The molecule has 0 saturated heterocycles. The Balaban J connectivity index is 3.02. The summed E-state index contributed by atoms with van der Waals surface area (Å²) in [6.45, 7) is 4.01. The number of pyridine rings is 1. The van der Waals surface area contributed by atoms with E-state index >= 15 is 0 Å². The summed E-state index contributed by atoms with van der Waals surface area (Å²) in [5.74, 6) is -0.385. The number of hydroxylamine groups is 1. The minimum absolute atomic E-state index is 0.385. The van der Waals surface area contributed by atoms with Crippen LogP contribution in [0, 0.1) is 0 Å². The minimum Gasteiger partial charge on any atom is -0.367 e. The van der Waals surface area contributed by atoms with Crippen LogP contribution < -0.4 is 5.48 Å². The summed E-state index contributed by atoms with van der Waals surface area (Å²) in [6.07, 6.45) is 1.59. The van der Waals surface area contributed by atoms with Crippen LogP contribution in [0.3, 0.4) is 0 Å². The van der Waals surface area contributed by atoms with E-state index in [9.17, 15) is 4.79 Å². The Morgan fingerprint density at radius 3 is 2.67 bits per heavy atom. The van der Waals surface area contributed by atoms with Gasteiger partial charge in [0.25, 0.3) is 0 Å². The molecular formula is C11H16N2O2. The molecule has 0 fully saturated rings. The van der Waals surface area contributed by atoms with Gasteiger partial charge in [0, 0.05) is 12.7 Å². The number of rotatable bonds is 4. The first kappa shape index (κ1) is 11.7. The lowest BCUT2D eigenvalue weighted by Crippen LogP contribution is -2.17. The summed E-state index contributed by atoms with van der Waals surface area (Å²) in [5, 5.41) is 0. The molecule has 1 aromatic rings. The van der Waals surface area contributed by atoms with Crippen molar-refractivity contribution in [3.63, 3.8) is 0 Å². The monoisotopic (exact) mass is 208 g/mol. The van der Waals surface area contributed by atoms with Crippen molar-refractivity contribution in [2.75, 3.05) is 7.05 Å². The van der Waals surface area contributed by atoms with Gasteiger partial charge in [-0.1, -0.05) is 13.8 Å². The highest BCUT2D eigenvalue weighted by atomic mass is 16.7. The van der Waals surface area contributed by atoms with Crippen molar-refractivity contribution in [1.82, 2.24) is 10.5 Å². The highest BCUT2D eigenvalue weighted by Gasteiger charge is 2.13. The number of carbonyl (C=O) groups is 1. The maximum atomic E-state index is 11.5. The van der Waals surface area contributed by atoms with E-state index in [4.69, 9.17) is 4.84 Å². The maximum absolute atomic E-state index is 11.5. The minimum atomic E-state index is -0.385. The highest BCUT2D eigenvalue weighted by molar-refractivity contribution is 5.90. The van der Waals surface area contributed by atoms with Crippen molar-refractivity contribution in [1.29, 1.82) is 0 Å². The van der Waals surface area contributed by atoms with Gasteiger partial charge in [0.15, 0.2) is 0 Å². The van der Waals surface area contributed by atoms with Crippen LogP contribution in [0.5, 0.6) is 0 Å². The van der Waals surface area contributed by atoms with Crippen LogP contribution in [0.15, 0.2) is 12.1 Å². The number of hydrogen-bond donors (Lipinski definition) is 1. The third-order valence-electron chi connectivity index (χ3n) is 2.14. The summed E-state index contributed by atoms with van der Waals surface area (Å²) in [4.78, 5) is 20.6. The molecule has 4 heteroatoms. The molecule has 0 spiro atoms. The van der Waals surface area contributed by atoms with Crippen molar-refractivity contribution in [3.8, 4) is 0 Å². The molecule has 0 radical (unpaired) electrons. The van der Waals surface area contributed by atoms with Crippen molar-refractivity contribution < 1.29 is 9.63 Å². The van der Waals surface area contributed by atoms with Crippen LogP contribution in [0.25, 0.3) is 0 Å². The predicted octanol–water partition coefficient (Wildman–Crippen LogP) is 1.50. The largest absolute Gasteiger partial charge is 0.367 e. The zero-order chi connectivity index (χ0) is 11.3. The second-order valence-electron chi connectivity index (χ2n) is 3.10. The Morgan fingerprint density at radius 2 is 2.13 bits per heavy atom. The Bertz CT molecular complexity index is 350. The Kier molecular flexibility index (Phi) is 4.24. The number of aromatic nitrogens is 1. The molecule has 0 bridgehead atoms. The molecule has 1 rings (SSSR count). The molecule has 0 atom stereocenters. The number of nitrogens with zero attached hydrogens (tertiary/aromatic N) is 1. The molecular weight excluding hydrogens is 192 g/mol. The Labute approximate surface area is 89.6 Å². The predicted molar refractivity (Wildman–Crippen MR) is 57.5 cm³/mol. The molecule has 0 aromatic carbocycles. The maximum Gasteiger partial charge on any atom is 0.358 e. The summed E-state index contributed by atoms with van der Waals surface area (Å²) < 4.78 is 0. The highest BCUT2D eigenvalue weighted by Crippen LogP contribution is 2.10. The normalized spacial score (nSPS) is 10.1. The van der Waals surface area contributed by atoms with Gasteiger partial charge in [0.05, 0.1) is 11.3 Å². The van der Waals surface area contributed by atoms with Crippen LogP contribution in [0.4, 0.5) is 0 Å². The van der Waals surface area contributed by atoms with E-state index in [1.807, 2.05) is 19.9 Å². The number of nitrogens with one attached hydrogen (secondary N) is 1. The molecule has 15 heavy (non-hydrogen) atoms. The zero-order valence-electron chi connectivity index (χ0n) is 9.33. The summed E-state index contributed by atoms with van der Waals surface area (Å²) in [7, 11) is 1.55. The van der Waals surface area contributed by atoms with E-state index in [2.05, 4.69) is 10.5 Å². The zero-order valence-corrected chi connectivity index (χ0v) is 9.33. The van der Waals surface area contributed by atoms with Crippen molar-refractivity contribution >= 4 is 5.97 Å². The molecule has 0 amide bonds. The van der Waals surface area contributed by atoms with Crippen LogP contribution in [-0.4, -0.2) is 18.0 Å². The van der Waals surface area contributed by atoms with Gasteiger partial charge in [-0.2, -0.15) is 5.48 Å². The first-order chi connectivity index (χ1) is 7.22. The van der Waals surface area contributed by atoms with E-state index in [-0.39, 0.29) is 5.97 Å². The van der Waals surface area contributed by atoms with Gasteiger partial charge in [-0.3, -0.25) is 4.98 Å². The molecule has 4 nitrogen and oxygen atoms in total. The van der Waals surface area contributed by atoms with Crippen LogP contribution in [0.2, 0.25) is 0 Å². The van der Waals surface area contributed by atoms with Gasteiger partial charge >= 0.3 is 5.97 Å². The SMILES string of the molecule is CCc1ccc(C(=O)ONC)c(CC)n1. The first-order valence-corrected chi connectivity index (χ1v) is 5.09. The smallest absolute Gasteiger partial charge is 0.358 e. The fraction of sp³-hybridized carbons (Fsp3) is 0.455. The molecule has 0 saturated carbocycles. The summed E-state index contributed by atoms with van der Waals surface area (Å²) in [6, 6.07) is 3.62. The number of carbonyl (C=O) groups excluding carboxylic acids is 1. The Hall–Kier alpha value is -1.42. The number of aryl methyl sites for hydroxylation is 2. The van der Waals surface area contributed by atoms with E-state index in [1.165, 1.54) is 0 Å². The molecule has 0 aliphatic rings. The van der Waals surface area contributed by atoms with Gasteiger partial charge in [0.2, 0.25) is 0 Å². The topological polar surface area (TPSA) is 51.2 Å². The molecule has 1 heterocycles. The molecule has 0 aliphatic heterocycles. The molecule has 1 aromatic heterocycles. The van der Waals surface area contributed by atoms with Crippen molar-refractivity contribution in [3.05, 3.63) is 29.1 Å². The first-order valence-electron chi connectivity index (χ1n) is 5.09. The molecule has 82 valence electrons. The average molecular weight is 208 g/mol. The fourth-order valence-corrected chi connectivity index (χ4v) is 1.35. The van der Waals surface area contributed by atoms with Crippen LogP contribution in [0.1, 0.15) is 35.6 Å². The second-order valence-corrected chi connectivity index (χ2v) is 3.10. The summed E-state index contributed by atoms with van der Waals surface area (Å²) >= 11 is 0. The molecule has 1 N–H and O–H groups in total. The van der Waals surface area contributed by atoms with Crippen molar-refractivity contribution in [2.24, 2.45) is 0 Å². The molecule has 0 unspecified atom stereocenters. The third-order valence-corrected chi connectivity index (χ3v) is 2.14. The van der Waals surface area contributed by atoms with E-state index in [1.54, 1.807) is 13.1 Å². The fourth-order valence-electron chi connectivity index (χ4n) is 1.35. The van der Waals surface area contributed by atoms with E-state index < -0.39 is 0 Å². The van der Waals surface area contributed by atoms with Gasteiger partial charge < -0.3 is 4.84 Å². The van der Waals surface area contributed by atoms with E-state index in [0.717, 1.165) is 24.2 Å². The van der Waals surface area contributed by atoms with E-state index in [0.29, 0.717) is 5.56 Å². The van der Waals surface area contributed by atoms with Gasteiger partial charge in [-0.05, 0) is 25.0 Å². The van der Waals surface area contributed by atoms with Gasteiger partial charge in [-0.15, -0.1) is 0 Å². The number of hydrogen-bond acceptors (Lipinski definition) is 4. The lowest BCUT2D eigenvalue weighted by molar-refractivity contribution is 0.0308. The average Bonchev–Trinajstić information content (AvgIpc) is 2.28. The lowest BCUT2D eigenvalue weighted by atomic mass is 10.1. The summed E-state index contributed by atoms with van der Waals surface area (Å²) in [5.41, 5.74) is 4.68. The van der Waals surface area contributed by atoms with Gasteiger partial charge in [-0.25, -0.2) is 4.79 Å². The Morgan fingerprint density at radius 1 is 1.40 bits per heavy atom. The van der Waals surface area contributed by atoms with Crippen LogP contribution in [-0.2, 0) is 17.7 Å². The third kappa shape index (κ3) is 2.76. The van der Waals surface area contributed by atoms with Crippen molar-refractivity contribution in [2.45, 2.75) is 26.7 Å².